The SMILES string of the molecule is CN(C)CCCNC(=O)c1cncc(NCc2ccc(F)cc2)c1. The lowest BCUT2D eigenvalue weighted by molar-refractivity contribution is 0.0952. The van der Waals surface area contributed by atoms with Gasteiger partial charge in [-0.3, -0.25) is 9.78 Å². The number of nitrogens with one attached hydrogen (secondary N) is 2. The van der Waals surface area contributed by atoms with Crippen molar-refractivity contribution in [2.24, 2.45) is 0 Å². The minimum atomic E-state index is -0.256. The van der Waals surface area contributed by atoms with E-state index in [0.717, 1.165) is 24.2 Å². The summed E-state index contributed by atoms with van der Waals surface area (Å²) in [6, 6.07) is 8.05. The van der Waals surface area contributed by atoms with Crippen LogP contribution < -0.4 is 10.6 Å². The van der Waals surface area contributed by atoms with Gasteiger partial charge in [0.2, 0.25) is 0 Å². The van der Waals surface area contributed by atoms with E-state index < -0.39 is 0 Å². The molecule has 2 aromatic rings. The third-order valence-electron chi connectivity index (χ3n) is 3.48. The van der Waals surface area contributed by atoms with Gasteiger partial charge in [0.05, 0.1) is 11.3 Å². The highest BCUT2D eigenvalue weighted by Gasteiger charge is 2.06. The summed E-state index contributed by atoms with van der Waals surface area (Å²) < 4.78 is 12.9. The lowest BCUT2D eigenvalue weighted by Crippen LogP contribution is -2.27. The second-order valence-corrected chi connectivity index (χ2v) is 5.86. The molecule has 5 nitrogen and oxygen atoms in total. The predicted molar refractivity (Wildman–Crippen MR) is 93.5 cm³/mol. The van der Waals surface area contributed by atoms with Crippen LogP contribution in [-0.4, -0.2) is 43.0 Å². The lowest BCUT2D eigenvalue weighted by atomic mass is 10.2. The van der Waals surface area contributed by atoms with Crippen LogP contribution in [0.15, 0.2) is 42.7 Å². The summed E-state index contributed by atoms with van der Waals surface area (Å²) in [5, 5.41) is 6.07. The molecule has 0 saturated carbocycles. The van der Waals surface area contributed by atoms with Gasteiger partial charge in [-0.1, -0.05) is 12.1 Å². The molecule has 0 aliphatic carbocycles. The molecule has 0 spiro atoms. The molecule has 0 bridgehead atoms. The highest BCUT2D eigenvalue weighted by molar-refractivity contribution is 5.94. The van der Waals surface area contributed by atoms with E-state index in [4.69, 9.17) is 0 Å². The van der Waals surface area contributed by atoms with E-state index >= 15 is 0 Å². The Balaban J connectivity index is 1.86. The van der Waals surface area contributed by atoms with Crippen molar-refractivity contribution in [3.63, 3.8) is 0 Å². The fourth-order valence-corrected chi connectivity index (χ4v) is 2.17. The number of pyridine rings is 1. The first kappa shape index (κ1) is 17.9. The van der Waals surface area contributed by atoms with Crippen molar-refractivity contribution in [2.45, 2.75) is 13.0 Å². The highest BCUT2D eigenvalue weighted by Crippen LogP contribution is 2.11. The number of halogens is 1. The Kier molecular flexibility index (Phi) is 6.69. The fraction of sp³-hybridized carbons (Fsp3) is 0.333. The van der Waals surface area contributed by atoms with Crippen LogP contribution in [0, 0.1) is 5.82 Å². The molecule has 1 heterocycles. The minimum Gasteiger partial charge on any atom is -0.380 e. The molecule has 2 N–H and O–H groups in total. The molecule has 0 unspecified atom stereocenters. The first-order valence-electron chi connectivity index (χ1n) is 7.91. The van der Waals surface area contributed by atoms with Gasteiger partial charge in [-0.25, -0.2) is 4.39 Å². The number of carbonyl (C=O) groups is 1. The summed E-state index contributed by atoms with van der Waals surface area (Å²) in [4.78, 5) is 18.3. The van der Waals surface area contributed by atoms with Gasteiger partial charge in [-0.15, -0.1) is 0 Å². The number of nitrogens with zero attached hydrogens (tertiary/aromatic N) is 2. The molecule has 0 saturated heterocycles. The number of rotatable bonds is 8. The predicted octanol–water partition coefficient (Wildman–Crippen LogP) is 2.51. The molecular weight excluding hydrogens is 307 g/mol. The zero-order valence-electron chi connectivity index (χ0n) is 14.1. The molecule has 0 radical (unpaired) electrons. The molecule has 1 aromatic carbocycles. The van der Waals surface area contributed by atoms with Crippen LogP contribution in [0.2, 0.25) is 0 Å². The standard InChI is InChI=1S/C18H23FN4O/c1-23(2)9-3-8-21-18(24)15-10-17(13-20-12-15)22-11-14-4-6-16(19)7-5-14/h4-7,10,12-13,22H,3,8-9,11H2,1-2H3,(H,21,24). The fourth-order valence-electron chi connectivity index (χ4n) is 2.17. The van der Waals surface area contributed by atoms with E-state index in [9.17, 15) is 9.18 Å². The Morgan fingerprint density at radius 2 is 1.96 bits per heavy atom. The molecule has 24 heavy (non-hydrogen) atoms. The minimum absolute atomic E-state index is 0.133. The van der Waals surface area contributed by atoms with Gasteiger partial charge in [-0.2, -0.15) is 0 Å². The largest absolute Gasteiger partial charge is 0.380 e. The third-order valence-corrected chi connectivity index (χ3v) is 3.48. The van der Waals surface area contributed by atoms with Gasteiger partial charge >= 0.3 is 0 Å². The van der Waals surface area contributed by atoms with Crippen molar-refractivity contribution >= 4 is 11.6 Å². The number of hydrogen-bond acceptors (Lipinski definition) is 4. The molecule has 0 aliphatic heterocycles. The van der Waals surface area contributed by atoms with Crippen LogP contribution in [0.1, 0.15) is 22.3 Å². The second kappa shape index (κ2) is 8.98. The molecule has 1 amide bonds. The monoisotopic (exact) mass is 330 g/mol. The van der Waals surface area contributed by atoms with Crippen LogP contribution in [0.3, 0.4) is 0 Å². The smallest absolute Gasteiger partial charge is 0.252 e. The number of anilines is 1. The van der Waals surface area contributed by atoms with Crippen LogP contribution in [0.25, 0.3) is 0 Å². The van der Waals surface area contributed by atoms with Crippen LogP contribution in [0.5, 0.6) is 0 Å². The van der Waals surface area contributed by atoms with Gasteiger partial charge in [0.1, 0.15) is 5.82 Å². The molecule has 0 fully saturated rings. The number of carbonyl (C=O) groups excluding carboxylic acids is 1. The third kappa shape index (κ3) is 5.96. The maximum absolute atomic E-state index is 12.9. The Morgan fingerprint density at radius 3 is 2.67 bits per heavy atom. The number of benzene rings is 1. The van der Waals surface area contributed by atoms with Crippen molar-refractivity contribution in [1.82, 2.24) is 15.2 Å². The quantitative estimate of drug-likeness (QED) is 0.730. The molecule has 128 valence electrons. The maximum Gasteiger partial charge on any atom is 0.252 e. The first-order valence-corrected chi connectivity index (χ1v) is 7.91. The van der Waals surface area contributed by atoms with Crippen molar-refractivity contribution in [2.75, 3.05) is 32.5 Å². The zero-order valence-corrected chi connectivity index (χ0v) is 14.1. The lowest BCUT2D eigenvalue weighted by Gasteiger charge is -2.11. The van der Waals surface area contributed by atoms with Crippen molar-refractivity contribution < 1.29 is 9.18 Å². The Bertz CT molecular complexity index is 658. The molecule has 6 heteroatoms. The Hall–Kier alpha value is -2.47. The van der Waals surface area contributed by atoms with Crippen LogP contribution in [0.4, 0.5) is 10.1 Å². The average molecular weight is 330 g/mol. The highest BCUT2D eigenvalue weighted by atomic mass is 19.1. The Morgan fingerprint density at radius 1 is 1.21 bits per heavy atom. The topological polar surface area (TPSA) is 57.3 Å². The van der Waals surface area contributed by atoms with Crippen molar-refractivity contribution in [3.8, 4) is 0 Å². The van der Waals surface area contributed by atoms with E-state index in [1.165, 1.54) is 12.1 Å². The van der Waals surface area contributed by atoms with Gasteiger partial charge in [0.15, 0.2) is 0 Å². The van der Waals surface area contributed by atoms with Crippen LogP contribution >= 0.6 is 0 Å². The average Bonchev–Trinajstić information content (AvgIpc) is 2.58. The number of hydrogen-bond donors (Lipinski definition) is 2. The summed E-state index contributed by atoms with van der Waals surface area (Å²) in [5.74, 6) is -0.389. The molecular formula is C18H23FN4O. The maximum atomic E-state index is 12.9. The summed E-state index contributed by atoms with van der Waals surface area (Å²) in [5.41, 5.74) is 2.22. The second-order valence-electron chi connectivity index (χ2n) is 5.86. The van der Waals surface area contributed by atoms with E-state index in [0.29, 0.717) is 18.7 Å². The molecule has 0 atom stereocenters. The van der Waals surface area contributed by atoms with Gasteiger partial charge in [-0.05, 0) is 50.8 Å². The van der Waals surface area contributed by atoms with E-state index in [2.05, 4.69) is 20.5 Å². The molecule has 2 rings (SSSR count). The van der Waals surface area contributed by atoms with Gasteiger partial charge in [0.25, 0.3) is 5.91 Å². The summed E-state index contributed by atoms with van der Waals surface area (Å²) in [6.45, 7) is 2.10. The molecule has 0 aliphatic rings. The van der Waals surface area contributed by atoms with Crippen molar-refractivity contribution in [3.05, 3.63) is 59.7 Å². The first-order chi connectivity index (χ1) is 11.5. The van der Waals surface area contributed by atoms with Crippen LogP contribution in [-0.2, 0) is 6.54 Å². The number of aromatic nitrogens is 1. The summed E-state index contributed by atoms with van der Waals surface area (Å²) in [7, 11) is 4.00. The number of amides is 1. The zero-order chi connectivity index (χ0) is 17.4. The van der Waals surface area contributed by atoms with Gasteiger partial charge < -0.3 is 15.5 Å². The summed E-state index contributed by atoms with van der Waals surface area (Å²) >= 11 is 0. The Labute approximate surface area is 141 Å². The van der Waals surface area contributed by atoms with E-state index in [1.807, 2.05) is 14.1 Å². The van der Waals surface area contributed by atoms with Crippen molar-refractivity contribution in [1.29, 1.82) is 0 Å². The molecule has 1 aromatic heterocycles. The van der Waals surface area contributed by atoms with E-state index in [-0.39, 0.29) is 11.7 Å². The normalized spacial score (nSPS) is 10.7. The van der Waals surface area contributed by atoms with E-state index in [1.54, 1.807) is 30.6 Å². The summed E-state index contributed by atoms with van der Waals surface area (Å²) in [6.07, 6.45) is 4.10. The van der Waals surface area contributed by atoms with Gasteiger partial charge in [0, 0.05) is 25.5 Å².